The van der Waals surface area contributed by atoms with Crippen molar-refractivity contribution in [2.75, 3.05) is 6.61 Å². The van der Waals surface area contributed by atoms with Gasteiger partial charge < -0.3 is 14.8 Å². The number of hydrogen-bond donors (Lipinski definition) is 2. The Balaban J connectivity index is 2.21. The van der Waals surface area contributed by atoms with E-state index in [0.717, 1.165) is 17.4 Å². The predicted molar refractivity (Wildman–Crippen MR) is 72.2 cm³/mol. The molecule has 0 spiro atoms. The monoisotopic (exact) mass is 274 g/mol. The summed E-state index contributed by atoms with van der Waals surface area (Å²) in [7, 11) is 0. The first-order chi connectivity index (χ1) is 9.58. The Morgan fingerprint density at radius 2 is 2.05 bits per heavy atom. The van der Waals surface area contributed by atoms with Crippen LogP contribution >= 0.6 is 0 Å². The minimum atomic E-state index is -1.22. The molecule has 6 nitrogen and oxygen atoms in total. The summed E-state index contributed by atoms with van der Waals surface area (Å²) >= 11 is 0. The van der Waals surface area contributed by atoms with Crippen molar-refractivity contribution in [2.24, 2.45) is 0 Å². The minimum Gasteiger partial charge on any atom is -0.494 e. The van der Waals surface area contributed by atoms with E-state index in [9.17, 15) is 9.59 Å². The number of aromatic nitrogens is 2. The first kappa shape index (κ1) is 13.8. The number of carboxylic acids is 1. The number of hydrogen-bond acceptors (Lipinski definition) is 4. The van der Waals surface area contributed by atoms with Crippen molar-refractivity contribution >= 4 is 5.97 Å². The second-order valence-electron chi connectivity index (χ2n) is 4.14. The van der Waals surface area contributed by atoms with Gasteiger partial charge in [-0.2, -0.15) is 0 Å². The molecule has 0 saturated heterocycles. The summed E-state index contributed by atoms with van der Waals surface area (Å²) in [4.78, 5) is 28.6. The van der Waals surface area contributed by atoms with Crippen LogP contribution in [0.1, 0.15) is 28.8 Å². The summed E-state index contributed by atoms with van der Waals surface area (Å²) in [6.45, 7) is 2.49. The lowest BCUT2D eigenvalue weighted by atomic mass is 10.1. The third kappa shape index (κ3) is 3.44. The number of carboxylic acid groups (broad SMARTS) is 1. The molecule has 0 unspecified atom stereocenters. The quantitative estimate of drug-likeness (QED) is 0.861. The van der Waals surface area contributed by atoms with Crippen molar-refractivity contribution in [1.82, 2.24) is 9.97 Å². The summed E-state index contributed by atoms with van der Waals surface area (Å²) in [6, 6.07) is 8.29. The van der Waals surface area contributed by atoms with Crippen LogP contribution in [0.4, 0.5) is 0 Å². The van der Waals surface area contributed by atoms with Crippen molar-refractivity contribution < 1.29 is 14.6 Å². The largest absolute Gasteiger partial charge is 0.494 e. The SMILES string of the molecule is CCOc1ccc(Cc2nc(C(=O)O)cc(=O)[nH]2)cc1. The van der Waals surface area contributed by atoms with E-state index in [2.05, 4.69) is 9.97 Å². The highest BCUT2D eigenvalue weighted by molar-refractivity contribution is 5.85. The van der Waals surface area contributed by atoms with Crippen LogP contribution in [0.25, 0.3) is 0 Å². The van der Waals surface area contributed by atoms with Gasteiger partial charge in [0, 0.05) is 12.5 Å². The lowest BCUT2D eigenvalue weighted by Gasteiger charge is -2.05. The molecular formula is C14H14N2O4. The fourth-order valence-electron chi connectivity index (χ4n) is 1.76. The van der Waals surface area contributed by atoms with Crippen LogP contribution in [0.5, 0.6) is 5.75 Å². The summed E-state index contributed by atoms with van der Waals surface area (Å²) in [5.41, 5.74) is 0.173. The number of nitrogens with one attached hydrogen (secondary N) is 1. The van der Waals surface area contributed by atoms with E-state index in [4.69, 9.17) is 9.84 Å². The average Bonchev–Trinajstić information content (AvgIpc) is 2.40. The molecule has 20 heavy (non-hydrogen) atoms. The van der Waals surface area contributed by atoms with Crippen LogP contribution in [0.2, 0.25) is 0 Å². The van der Waals surface area contributed by atoms with Crippen LogP contribution < -0.4 is 10.3 Å². The molecule has 0 fully saturated rings. The molecule has 2 N–H and O–H groups in total. The molecule has 0 bridgehead atoms. The van der Waals surface area contributed by atoms with Crippen LogP contribution in [-0.4, -0.2) is 27.7 Å². The highest BCUT2D eigenvalue weighted by Crippen LogP contribution is 2.13. The Morgan fingerprint density at radius 3 is 2.65 bits per heavy atom. The number of aromatic carboxylic acids is 1. The van der Waals surface area contributed by atoms with Gasteiger partial charge in [-0.15, -0.1) is 0 Å². The highest BCUT2D eigenvalue weighted by Gasteiger charge is 2.08. The molecule has 104 valence electrons. The number of ether oxygens (including phenoxy) is 1. The molecule has 2 aromatic rings. The van der Waals surface area contributed by atoms with Gasteiger partial charge >= 0.3 is 5.97 Å². The van der Waals surface area contributed by atoms with Gasteiger partial charge in [0.2, 0.25) is 0 Å². The molecule has 0 saturated carbocycles. The fourth-order valence-corrected chi connectivity index (χ4v) is 1.76. The van der Waals surface area contributed by atoms with Crippen molar-refractivity contribution in [2.45, 2.75) is 13.3 Å². The van der Waals surface area contributed by atoms with Crippen LogP contribution in [-0.2, 0) is 6.42 Å². The van der Waals surface area contributed by atoms with Crippen LogP contribution in [0.15, 0.2) is 35.1 Å². The molecule has 1 heterocycles. The lowest BCUT2D eigenvalue weighted by molar-refractivity contribution is 0.0689. The molecule has 0 aliphatic rings. The van der Waals surface area contributed by atoms with Gasteiger partial charge in [0.15, 0.2) is 5.69 Å². The minimum absolute atomic E-state index is 0.255. The Labute approximate surface area is 115 Å². The van der Waals surface area contributed by atoms with Crippen molar-refractivity contribution in [3.05, 3.63) is 57.8 Å². The smallest absolute Gasteiger partial charge is 0.354 e. The number of rotatable bonds is 5. The van der Waals surface area contributed by atoms with Gasteiger partial charge in [0.1, 0.15) is 11.6 Å². The van der Waals surface area contributed by atoms with E-state index in [0.29, 0.717) is 18.9 Å². The second-order valence-corrected chi connectivity index (χ2v) is 4.14. The van der Waals surface area contributed by atoms with Gasteiger partial charge in [-0.1, -0.05) is 12.1 Å². The number of carbonyl (C=O) groups is 1. The normalized spacial score (nSPS) is 10.2. The standard InChI is InChI=1S/C14H14N2O4/c1-2-20-10-5-3-9(4-6-10)7-12-15-11(14(18)19)8-13(17)16-12/h3-6,8H,2,7H2,1H3,(H,18,19)(H,15,16,17). The zero-order chi connectivity index (χ0) is 14.5. The Kier molecular flexibility index (Phi) is 4.14. The number of H-pyrrole nitrogens is 1. The topological polar surface area (TPSA) is 92.3 Å². The maximum atomic E-state index is 11.4. The number of nitrogens with zero attached hydrogens (tertiary/aromatic N) is 1. The van der Waals surface area contributed by atoms with E-state index < -0.39 is 11.5 Å². The van der Waals surface area contributed by atoms with Crippen molar-refractivity contribution in [1.29, 1.82) is 0 Å². The van der Waals surface area contributed by atoms with Crippen LogP contribution in [0.3, 0.4) is 0 Å². The zero-order valence-electron chi connectivity index (χ0n) is 10.9. The van der Waals surface area contributed by atoms with Gasteiger partial charge in [-0.25, -0.2) is 9.78 Å². The van der Waals surface area contributed by atoms with Gasteiger partial charge in [0.05, 0.1) is 6.61 Å². The lowest BCUT2D eigenvalue weighted by Crippen LogP contribution is -2.15. The number of benzene rings is 1. The third-order valence-corrected chi connectivity index (χ3v) is 2.62. The second kappa shape index (κ2) is 6.01. The summed E-state index contributed by atoms with van der Waals surface area (Å²) in [5.74, 6) is -0.139. The van der Waals surface area contributed by atoms with E-state index in [-0.39, 0.29) is 5.69 Å². The van der Waals surface area contributed by atoms with Crippen molar-refractivity contribution in [3.63, 3.8) is 0 Å². The Hall–Kier alpha value is -2.63. The number of aromatic amines is 1. The molecule has 0 atom stereocenters. The summed E-state index contributed by atoms with van der Waals surface area (Å²) in [5, 5.41) is 8.86. The summed E-state index contributed by atoms with van der Waals surface area (Å²) < 4.78 is 5.33. The van der Waals surface area contributed by atoms with E-state index in [1.807, 2.05) is 31.2 Å². The Bertz CT molecular complexity index is 662. The Morgan fingerprint density at radius 1 is 1.35 bits per heavy atom. The van der Waals surface area contributed by atoms with Crippen molar-refractivity contribution in [3.8, 4) is 5.75 Å². The van der Waals surface area contributed by atoms with Crippen LogP contribution in [0, 0.1) is 0 Å². The molecule has 2 rings (SSSR count). The third-order valence-electron chi connectivity index (χ3n) is 2.62. The first-order valence-corrected chi connectivity index (χ1v) is 6.13. The average molecular weight is 274 g/mol. The van der Waals surface area contributed by atoms with Gasteiger partial charge in [-0.05, 0) is 24.6 Å². The van der Waals surface area contributed by atoms with E-state index in [1.165, 1.54) is 0 Å². The van der Waals surface area contributed by atoms with E-state index in [1.54, 1.807) is 0 Å². The maximum absolute atomic E-state index is 11.4. The fraction of sp³-hybridized carbons (Fsp3) is 0.214. The summed E-state index contributed by atoms with van der Waals surface area (Å²) in [6.07, 6.45) is 0.350. The predicted octanol–water partition coefficient (Wildman–Crippen LogP) is 1.46. The highest BCUT2D eigenvalue weighted by atomic mass is 16.5. The zero-order valence-corrected chi connectivity index (χ0v) is 10.9. The van der Waals surface area contributed by atoms with E-state index >= 15 is 0 Å². The molecule has 0 radical (unpaired) electrons. The molecular weight excluding hydrogens is 260 g/mol. The van der Waals surface area contributed by atoms with Gasteiger partial charge in [-0.3, -0.25) is 4.79 Å². The molecule has 1 aromatic carbocycles. The molecule has 0 amide bonds. The molecule has 1 aromatic heterocycles. The first-order valence-electron chi connectivity index (χ1n) is 6.13. The molecule has 0 aliphatic heterocycles. The maximum Gasteiger partial charge on any atom is 0.354 e. The molecule has 0 aliphatic carbocycles. The molecule has 6 heteroatoms. The van der Waals surface area contributed by atoms with Gasteiger partial charge in [0.25, 0.3) is 5.56 Å².